The quantitative estimate of drug-likeness (QED) is 0.190. The Balaban J connectivity index is 1.26. The van der Waals surface area contributed by atoms with Crippen molar-refractivity contribution < 1.29 is 0 Å². The molecule has 0 fully saturated rings. The van der Waals surface area contributed by atoms with E-state index in [-0.39, 0.29) is 0 Å². The number of hydrogen-bond donors (Lipinski definition) is 1. The van der Waals surface area contributed by atoms with Crippen molar-refractivity contribution in [1.82, 2.24) is 8.97 Å². The van der Waals surface area contributed by atoms with Crippen LogP contribution in [-0.4, -0.2) is 16.2 Å². The summed E-state index contributed by atoms with van der Waals surface area (Å²) in [4.78, 5) is 0. The van der Waals surface area contributed by atoms with Gasteiger partial charge in [0.05, 0.1) is 22.1 Å². The number of fused-ring (bicyclic) bond motifs is 12. The zero-order chi connectivity index (χ0) is 33.4. The molecule has 1 aliphatic rings. The molecular formula is C47H29BN3. The molecule has 4 heterocycles. The van der Waals surface area contributed by atoms with Crippen LogP contribution in [0, 0.1) is 6.92 Å². The van der Waals surface area contributed by atoms with Crippen molar-refractivity contribution in [1.29, 1.82) is 0 Å². The lowest BCUT2D eigenvalue weighted by Crippen LogP contribution is -2.37. The number of aromatic nitrogens is 2. The molecule has 0 amide bonds. The molecule has 0 aliphatic carbocycles. The van der Waals surface area contributed by atoms with E-state index in [9.17, 15) is 0 Å². The summed E-state index contributed by atoms with van der Waals surface area (Å²) in [5, 5.41) is 14.1. The largest absolute Gasteiger partial charge is 0.355 e. The molecule has 0 atom stereocenters. The molecule has 12 rings (SSSR count). The molecule has 0 unspecified atom stereocenters. The Kier molecular flexibility index (Phi) is 5.25. The van der Waals surface area contributed by atoms with E-state index in [2.05, 4.69) is 180 Å². The summed E-state index contributed by atoms with van der Waals surface area (Å²) in [5.74, 6) is 0. The lowest BCUT2D eigenvalue weighted by molar-refractivity contribution is 1.20. The highest BCUT2D eigenvalue weighted by atomic mass is 15.0. The Morgan fingerprint density at radius 3 is 1.98 bits per heavy atom. The number of rotatable bonds is 3. The third-order valence-electron chi connectivity index (χ3n) is 11.4. The third kappa shape index (κ3) is 3.54. The molecule has 51 heavy (non-hydrogen) atoms. The van der Waals surface area contributed by atoms with Gasteiger partial charge in [0.15, 0.2) is 7.28 Å². The third-order valence-corrected chi connectivity index (χ3v) is 11.4. The molecule has 0 saturated heterocycles. The fraction of sp³-hybridized carbons (Fsp3) is 0.0213. The van der Waals surface area contributed by atoms with Gasteiger partial charge in [0, 0.05) is 60.5 Å². The summed E-state index contributed by atoms with van der Waals surface area (Å²) < 4.78 is 5.00. The average Bonchev–Trinajstić information content (AvgIpc) is 3.81. The maximum Gasteiger partial charge on any atom is 0.197 e. The molecule has 3 aromatic heterocycles. The van der Waals surface area contributed by atoms with E-state index in [1.54, 1.807) is 0 Å². The van der Waals surface area contributed by atoms with Gasteiger partial charge < -0.3 is 14.3 Å². The second-order valence-electron chi connectivity index (χ2n) is 14.1. The predicted molar refractivity (Wildman–Crippen MR) is 218 cm³/mol. The van der Waals surface area contributed by atoms with E-state index in [1.807, 2.05) is 0 Å². The molecule has 0 saturated carbocycles. The van der Waals surface area contributed by atoms with Gasteiger partial charge in [-0.25, -0.2) is 0 Å². The standard InChI is InChI=1S/C47H29BN3/c1-27-12-2-7-21-38(27)49-39-25-35-34-18-10-17-32-30-15-5-8-22-40(30)50(46(32)34)42(35)26-36(39)44-29-14-4-3-13-28(29)24-43-45(44)48-37-20-11-19-33-31-16-6-9-23-41(31)51(43)47(33)37/h2-26,49H,1H3. The van der Waals surface area contributed by atoms with E-state index in [4.69, 9.17) is 0 Å². The first-order chi connectivity index (χ1) is 25.2. The van der Waals surface area contributed by atoms with Crippen LogP contribution >= 0.6 is 0 Å². The number of nitrogens with zero attached hydrogens (tertiary/aromatic N) is 2. The molecule has 1 aliphatic heterocycles. The topological polar surface area (TPSA) is 21.4 Å². The Hall–Kier alpha value is -6.52. The molecule has 4 heteroatoms. The molecule has 235 valence electrons. The van der Waals surface area contributed by atoms with Crippen molar-refractivity contribution in [3.8, 4) is 16.8 Å². The summed E-state index contributed by atoms with van der Waals surface area (Å²) in [5.41, 5.74) is 15.8. The molecule has 3 nitrogen and oxygen atoms in total. The average molecular weight is 647 g/mol. The molecule has 8 aromatic carbocycles. The van der Waals surface area contributed by atoms with Crippen molar-refractivity contribution in [3.05, 3.63) is 157 Å². The minimum Gasteiger partial charge on any atom is -0.355 e. The fourth-order valence-corrected chi connectivity index (χ4v) is 9.18. The zero-order valence-electron chi connectivity index (χ0n) is 27.9. The zero-order valence-corrected chi connectivity index (χ0v) is 27.9. The summed E-state index contributed by atoms with van der Waals surface area (Å²) in [6.45, 7) is 2.18. The molecule has 11 aromatic rings. The van der Waals surface area contributed by atoms with E-state index >= 15 is 0 Å². The van der Waals surface area contributed by atoms with Crippen LogP contribution in [0.5, 0.6) is 0 Å². The van der Waals surface area contributed by atoms with Gasteiger partial charge in [-0.15, -0.1) is 0 Å². The number of aryl methyl sites for hydroxylation is 1. The summed E-state index contributed by atoms with van der Waals surface area (Å²) >= 11 is 0. The van der Waals surface area contributed by atoms with Gasteiger partial charge in [0.2, 0.25) is 0 Å². The van der Waals surface area contributed by atoms with Crippen molar-refractivity contribution >= 4 is 100 Å². The Morgan fingerprint density at radius 1 is 0.490 bits per heavy atom. The van der Waals surface area contributed by atoms with E-state index < -0.39 is 0 Å². The number of nitrogens with one attached hydrogen (secondary N) is 1. The van der Waals surface area contributed by atoms with Crippen molar-refractivity contribution in [2.24, 2.45) is 0 Å². The number of benzene rings is 8. The number of para-hydroxylation sites is 5. The monoisotopic (exact) mass is 646 g/mol. The minimum absolute atomic E-state index is 1.10. The van der Waals surface area contributed by atoms with Gasteiger partial charge >= 0.3 is 0 Å². The summed E-state index contributed by atoms with van der Waals surface area (Å²) in [6, 6.07) is 56.0. The second-order valence-corrected chi connectivity index (χ2v) is 14.1. The lowest BCUT2D eigenvalue weighted by Gasteiger charge is -2.26. The lowest BCUT2D eigenvalue weighted by atomic mass is 9.58. The molecular weight excluding hydrogens is 617 g/mol. The van der Waals surface area contributed by atoms with Crippen molar-refractivity contribution in [2.75, 3.05) is 5.32 Å². The van der Waals surface area contributed by atoms with Crippen LogP contribution in [-0.2, 0) is 0 Å². The molecule has 1 N–H and O–H groups in total. The van der Waals surface area contributed by atoms with E-state index in [0.29, 0.717) is 0 Å². The van der Waals surface area contributed by atoms with Crippen molar-refractivity contribution in [3.63, 3.8) is 0 Å². The number of anilines is 2. The minimum atomic E-state index is 1.10. The maximum absolute atomic E-state index is 3.96. The SMILES string of the molecule is Cc1ccccc1Nc1cc2c3cccc4c5ccccc5n(c2cc1-c1c2c(cc5ccccc15)-n1c5ccccc5c5cccc(c51)[B]2)c43. The van der Waals surface area contributed by atoms with Crippen LogP contribution in [0.4, 0.5) is 11.4 Å². The summed E-state index contributed by atoms with van der Waals surface area (Å²) in [7, 11) is 2.43. The van der Waals surface area contributed by atoms with Gasteiger partial charge in [-0.1, -0.05) is 121 Å². The van der Waals surface area contributed by atoms with Crippen LogP contribution < -0.4 is 16.2 Å². The first-order valence-electron chi connectivity index (χ1n) is 17.7. The molecule has 0 bridgehead atoms. The van der Waals surface area contributed by atoms with Gasteiger partial charge in [-0.05, 0) is 70.7 Å². The van der Waals surface area contributed by atoms with Gasteiger partial charge in [0.25, 0.3) is 0 Å². The smallest absolute Gasteiger partial charge is 0.197 e. The second kappa shape index (κ2) is 9.80. The normalized spacial score (nSPS) is 12.6. The van der Waals surface area contributed by atoms with E-state index in [1.165, 1.54) is 104 Å². The van der Waals surface area contributed by atoms with Crippen LogP contribution in [0.2, 0.25) is 0 Å². The highest BCUT2D eigenvalue weighted by Crippen LogP contribution is 2.45. The van der Waals surface area contributed by atoms with E-state index in [0.717, 1.165) is 11.4 Å². The van der Waals surface area contributed by atoms with Crippen LogP contribution in [0.15, 0.2) is 152 Å². The molecule has 1 radical (unpaired) electrons. The highest BCUT2D eigenvalue weighted by molar-refractivity contribution is 6.74. The van der Waals surface area contributed by atoms with Gasteiger partial charge in [-0.3, -0.25) is 0 Å². The highest BCUT2D eigenvalue weighted by Gasteiger charge is 2.28. The fourth-order valence-electron chi connectivity index (χ4n) is 9.18. The number of hydrogen-bond acceptors (Lipinski definition) is 1. The maximum atomic E-state index is 3.96. The predicted octanol–water partition coefficient (Wildman–Crippen LogP) is 10.8. The first kappa shape index (κ1) is 27.3. The van der Waals surface area contributed by atoms with Crippen LogP contribution in [0.25, 0.3) is 87.5 Å². The first-order valence-corrected chi connectivity index (χ1v) is 17.7. The van der Waals surface area contributed by atoms with Crippen LogP contribution in [0.1, 0.15) is 5.56 Å². The van der Waals surface area contributed by atoms with Gasteiger partial charge in [0.1, 0.15) is 0 Å². The van der Waals surface area contributed by atoms with Gasteiger partial charge in [-0.2, -0.15) is 0 Å². The van der Waals surface area contributed by atoms with Crippen molar-refractivity contribution in [2.45, 2.75) is 6.92 Å². The summed E-state index contributed by atoms with van der Waals surface area (Å²) in [6.07, 6.45) is 0. The van der Waals surface area contributed by atoms with Crippen LogP contribution in [0.3, 0.4) is 0 Å². The molecule has 0 spiro atoms. The Labute approximate surface area is 294 Å². The Bertz CT molecular complexity index is 3270. The Morgan fingerprint density at radius 2 is 1.14 bits per heavy atom.